The Morgan fingerprint density at radius 1 is 1.35 bits per heavy atom. The van der Waals surface area contributed by atoms with E-state index in [1.165, 1.54) is 18.2 Å². The van der Waals surface area contributed by atoms with Crippen LogP contribution in [0.25, 0.3) is 0 Å². The molecule has 1 aliphatic rings. The van der Waals surface area contributed by atoms with Gasteiger partial charge in [0.05, 0.1) is 10.6 Å². The number of sulfonamides is 1. The van der Waals surface area contributed by atoms with E-state index in [9.17, 15) is 13.2 Å². The van der Waals surface area contributed by atoms with E-state index in [0.717, 1.165) is 19.4 Å². The van der Waals surface area contributed by atoms with Crippen molar-refractivity contribution in [1.82, 2.24) is 9.62 Å². The van der Waals surface area contributed by atoms with Gasteiger partial charge in [-0.25, -0.2) is 13.1 Å². The SMILES string of the molecule is CCCCN(C)CCNS(=O)(=O)c1ccc2c(c1)OCC(=O)N2. The van der Waals surface area contributed by atoms with E-state index in [-0.39, 0.29) is 17.4 Å². The van der Waals surface area contributed by atoms with E-state index in [4.69, 9.17) is 4.74 Å². The zero-order chi connectivity index (χ0) is 16.9. The number of carbonyl (C=O) groups is 1. The predicted octanol–water partition coefficient (Wildman–Crippen LogP) is 1.03. The molecule has 0 saturated heterocycles. The van der Waals surface area contributed by atoms with Gasteiger partial charge < -0.3 is 15.0 Å². The van der Waals surface area contributed by atoms with Gasteiger partial charge in [-0.15, -0.1) is 0 Å². The fraction of sp³-hybridized carbons (Fsp3) is 0.533. The lowest BCUT2D eigenvalue weighted by Crippen LogP contribution is -2.33. The summed E-state index contributed by atoms with van der Waals surface area (Å²) in [6, 6.07) is 4.42. The van der Waals surface area contributed by atoms with E-state index in [2.05, 4.69) is 21.9 Å². The molecule has 0 fully saturated rings. The minimum atomic E-state index is -3.59. The second-order valence-corrected chi connectivity index (χ2v) is 7.32. The van der Waals surface area contributed by atoms with Gasteiger partial charge in [0, 0.05) is 19.2 Å². The quantitative estimate of drug-likeness (QED) is 0.737. The predicted molar refractivity (Wildman–Crippen MR) is 88.2 cm³/mol. The summed E-state index contributed by atoms with van der Waals surface area (Å²) in [5.41, 5.74) is 0.486. The molecule has 1 heterocycles. The Bertz CT molecular complexity index is 661. The number of fused-ring (bicyclic) bond motifs is 1. The molecule has 0 aliphatic carbocycles. The molecule has 1 aliphatic heterocycles. The van der Waals surface area contributed by atoms with Crippen molar-refractivity contribution < 1.29 is 17.9 Å². The number of likely N-dealkylation sites (N-methyl/N-ethyl adjacent to an activating group) is 1. The van der Waals surface area contributed by atoms with Gasteiger partial charge in [-0.05, 0) is 32.1 Å². The van der Waals surface area contributed by atoms with E-state index in [1.54, 1.807) is 0 Å². The van der Waals surface area contributed by atoms with Gasteiger partial charge in [0.2, 0.25) is 10.0 Å². The lowest BCUT2D eigenvalue weighted by atomic mass is 10.2. The van der Waals surface area contributed by atoms with E-state index in [0.29, 0.717) is 24.5 Å². The van der Waals surface area contributed by atoms with Crippen molar-refractivity contribution >= 4 is 21.6 Å². The summed E-state index contributed by atoms with van der Waals surface area (Å²) in [5.74, 6) is 0.119. The minimum Gasteiger partial charge on any atom is -0.482 e. The molecule has 0 bridgehead atoms. The van der Waals surface area contributed by atoms with Gasteiger partial charge in [-0.2, -0.15) is 0 Å². The van der Waals surface area contributed by atoms with Crippen LogP contribution in [-0.4, -0.2) is 52.5 Å². The van der Waals surface area contributed by atoms with Crippen LogP contribution in [0.1, 0.15) is 19.8 Å². The van der Waals surface area contributed by atoms with Crippen LogP contribution in [0.4, 0.5) is 5.69 Å². The van der Waals surface area contributed by atoms with Crippen LogP contribution in [0.2, 0.25) is 0 Å². The Hall–Kier alpha value is -1.64. The van der Waals surface area contributed by atoms with Crippen molar-refractivity contribution in [2.45, 2.75) is 24.7 Å². The van der Waals surface area contributed by atoms with Gasteiger partial charge in [0.1, 0.15) is 5.75 Å². The van der Waals surface area contributed by atoms with Crippen molar-refractivity contribution in [2.24, 2.45) is 0 Å². The number of rotatable bonds is 8. The fourth-order valence-electron chi connectivity index (χ4n) is 2.22. The molecule has 0 radical (unpaired) electrons. The Kier molecular flexibility index (Phi) is 5.97. The highest BCUT2D eigenvalue weighted by molar-refractivity contribution is 7.89. The number of hydrogen-bond donors (Lipinski definition) is 2. The smallest absolute Gasteiger partial charge is 0.262 e. The monoisotopic (exact) mass is 341 g/mol. The highest BCUT2D eigenvalue weighted by Crippen LogP contribution is 2.30. The zero-order valence-corrected chi connectivity index (χ0v) is 14.3. The third kappa shape index (κ3) is 4.92. The molecule has 0 unspecified atom stereocenters. The third-order valence-corrected chi connectivity index (χ3v) is 5.03. The maximum absolute atomic E-state index is 12.3. The van der Waals surface area contributed by atoms with Crippen molar-refractivity contribution in [3.05, 3.63) is 18.2 Å². The number of hydrogen-bond acceptors (Lipinski definition) is 5. The Morgan fingerprint density at radius 2 is 2.13 bits per heavy atom. The molecule has 1 amide bonds. The average molecular weight is 341 g/mol. The fourth-order valence-corrected chi connectivity index (χ4v) is 3.25. The summed E-state index contributed by atoms with van der Waals surface area (Å²) in [5, 5.41) is 2.63. The molecule has 0 spiro atoms. The first-order valence-corrected chi connectivity index (χ1v) is 9.15. The molecule has 23 heavy (non-hydrogen) atoms. The molecule has 8 heteroatoms. The molecule has 0 aromatic heterocycles. The standard InChI is InChI=1S/C15H23N3O4S/c1-3-4-8-18(2)9-7-16-23(20,21)12-5-6-13-14(10-12)22-11-15(19)17-13/h5-6,10,16H,3-4,7-9,11H2,1-2H3,(H,17,19). The molecule has 2 rings (SSSR count). The van der Waals surface area contributed by atoms with E-state index >= 15 is 0 Å². The Morgan fingerprint density at radius 3 is 2.87 bits per heavy atom. The van der Waals surface area contributed by atoms with Gasteiger partial charge in [0.25, 0.3) is 5.91 Å². The minimum absolute atomic E-state index is 0.105. The highest BCUT2D eigenvalue weighted by atomic mass is 32.2. The first-order valence-electron chi connectivity index (χ1n) is 7.67. The number of amides is 1. The van der Waals surface area contributed by atoms with Gasteiger partial charge in [-0.3, -0.25) is 4.79 Å². The molecule has 7 nitrogen and oxygen atoms in total. The van der Waals surface area contributed by atoms with Crippen molar-refractivity contribution in [3.8, 4) is 5.75 Å². The van der Waals surface area contributed by atoms with Crippen LogP contribution >= 0.6 is 0 Å². The normalized spacial score (nSPS) is 14.3. The number of unbranched alkanes of at least 4 members (excludes halogenated alkanes) is 1. The van der Waals surface area contributed by atoms with Crippen LogP contribution in [0, 0.1) is 0 Å². The number of nitrogens with one attached hydrogen (secondary N) is 2. The number of benzene rings is 1. The molecule has 0 saturated carbocycles. The summed E-state index contributed by atoms with van der Waals surface area (Å²) in [4.78, 5) is 13.4. The van der Waals surface area contributed by atoms with E-state index in [1.807, 2.05) is 7.05 Å². The molecular weight excluding hydrogens is 318 g/mol. The molecule has 1 aromatic carbocycles. The summed E-state index contributed by atoms with van der Waals surface area (Å²) < 4.78 is 32.4. The van der Waals surface area contributed by atoms with Crippen molar-refractivity contribution in [2.75, 3.05) is 38.6 Å². The van der Waals surface area contributed by atoms with Gasteiger partial charge >= 0.3 is 0 Å². The Balaban J connectivity index is 1.96. The molecule has 2 N–H and O–H groups in total. The lowest BCUT2D eigenvalue weighted by molar-refractivity contribution is -0.118. The second kappa shape index (κ2) is 7.76. The molecular formula is C15H23N3O4S. The number of nitrogens with zero attached hydrogens (tertiary/aromatic N) is 1. The number of carbonyl (C=O) groups excluding carboxylic acids is 1. The Labute approximate surface area is 137 Å². The zero-order valence-electron chi connectivity index (χ0n) is 13.5. The lowest BCUT2D eigenvalue weighted by Gasteiger charge is -2.19. The second-order valence-electron chi connectivity index (χ2n) is 5.55. The topological polar surface area (TPSA) is 87.7 Å². The number of ether oxygens (including phenoxy) is 1. The molecule has 0 atom stereocenters. The van der Waals surface area contributed by atoms with E-state index < -0.39 is 10.0 Å². The molecule has 1 aromatic rings. The van der Waals surface area contributed by atoms with Gasteiger partial charge in [-0.1, -0.05) is 13.3 Å². The third-order valence-electron chi connectivity index (χ3n) is 3.58. The summed E-state index contributed by atoms with van der Waals surface area (Å²) in [6.45, 7) is 3.96. The largest absolute Gasteiger partial charge is 0.482 e. The highest BCUT2D eigenvalue weighted by Gasteiger charge is 2.20. The summed E-state index contributed by atoms with van der Waals surface area (Å²) in [6.07, 6.45) is 2.21. The summed E-state index contributed by atoms with van der Waals surface area (Å²) in [7, 11) is -1.62. The maximum Gasteiger partial charge on any atom is 0.262 e. The summed E-state index contributed by atoms with van der Waals surface area (Å²) >= 11 is 0. The molecule has 128 valence electrons. The average Bonchev–Trinajstić information content (AvgIpc) is 2.52. The number of anilines is 1. The van der Waals surface area contributed by atoms with Crippen molar-refractivity contribution in [3.63, 3.8) is 0 Å². The van der Waals surface area contributed by atoms with Gasteiger partial charge in [0.15, 0.2) is 6.61 Å². The van der Waals surface area contributed by atoms with Crippen LogP contribution < -0.4 is 14.8 Å². The van der Waals surface area contributed by atoms with Crippen LogP contribution in [0.15, 0.2) is 23.1 Å². The maximum atomic E-state index is 12.3. The van der Waals surface area contributed by atoms with Crippen molar-refractivity contribution in [1.29, 1.82) is 0 Å². The van der Waals surface area contributed by atoms with Crippen LogP contribution in [-0.2, 0) is 14.8 Å². The first-order chi connectivity index (χ1) is 10.9. The van der Waals surface area contributed by atoms with Crippen LogP contribution in [0.5, 0.6) is 5.75 Å². The van der Waals surface area contributed by atoms with Crippen LogP contribution in [0.3, 0.4) is 0 Å². The first kappa shape index (κ1) is 17.7.